The van der Waals surface area contributed by atoms with E-state index in [-0.39, 0.29) is 12.7 Å². The van der Waals surface area contributed by atoms with Crippen LogP contribution in [0.25, 0.3) is 11.1 Å². The Morgan fingerprint density at radius 3 is 2.31 bits per heavy atom. The molecule has 29 heavy (non-hydrogen) atoms. The van der Waals surface area contributed by atoms with E-state index in [9.17, 15) is 4.79 Å². The van der Waals surface area contributed by atoms with Gasteiger partial charge in [-0.3, -0.25) is 5.32 Å². The quantitative estimate of drug-likeness (QED) is 0.530. The minimum Gasteiger partial charge on any atom is -0.490 e. The zero-order valence-corrected chi connectivity index (χ0v) is 16.3. The van der Waals surface area contributed by atoms with Gasteiger partial charge in [0.2, 0.25) is 0 Å². The van der Waals surface area contributed by atoms with Gasteiger partial charge in [-0.25, -0.2) is 4.79 Å². The third-order valence-corrected chi connectivity index (χ3v) is 5.12. The molecule has 0 heterocycles. The summed E-state index contributed by atoms with van der Waals surface area (Å²) in [4.78, 5) is 12.2. The topological polar surface area (TPSA) is 47.6 Å². The fourth-order valence-corrected chi connectivity index (χ4v) is 3.62. The van der Waals surface area contributed by atoms with Crippen LogP contribution >= 0.6 is 0 Å². The van der Waals surface area contributed by atoms with E-state index in [0.29, 0.717) is 5.69 Å². The van der Waals surface area contributed by atoms with Gasteiger partial charge in [0.1, 0.15) is 12.4 Å². The van der Waals surface area contributed by atoms with Crippen LogP contribution in [0.3, 0.4) is 0 Å². The molecule has 0 spiro atoms. The molecule has 0 aliphatic heterocycles. The maximum Gasteiger partial charge on any atom is 0.411 e. The number of carbonyl (C=O) groups is 1. The lowest BCUT2D eigenvalue weighted by atomic mass is 10.0. The molecule has 0 radical (unpaired) electrons. The summed E-state index contributed by atoms with van der Waals surface area (Å²) in [6, 6.07) is 25.5. The minimum absolute atomic E-state index is 0.237. The van der Waals surface area contributed by atoms with Crippen LogP contribution < -0.4 is 10.1 Å². The standard InChI is InChI=1S/C25H25NO3/c27-25(28-18-19-9-3-1-4-10-19)26-21-15-16-24(29-22-13-7-8-14-22)23(17-21)20-11-5-2-6-12-20/h1-6,9-12,15-17,22H,7-8,13-14,18H2,(H,26,27). The monoisotopic (exact) mass is 387 g/mol. The molecule has 148 valence electrons. The number of anilines is 1. The van der Waals surface area contributed by atoms with Gasteiger partial charge >= 0.3 is 6.09 Å². The second kappa shape index (κ2) is 9.28. The maximum absolute atomic E-state index is 12.2. The second-order valence-electron chi connectivity index (χ2n) is 7.29. The Kier molecular flexibility index (Phi) is 6.10. The summed E-state index contributed by atoms with van der Waals surface area (Å²) in [7, 11) is 0. The number of carbonyl (C=O) groups excluding carboxylic acids is 1. The first-order valence-electron chi connectivity index (χ1n) is 10.1. The molecular formula is C25H25NO3. The lowest BCUT2D eigenvalue weighted by molar-refractivity contribution is 0.155. The molecule has 4 rings (SSSR count). The highest BCUT2D eigenvalue weighted by molar-refractivity contribution is 5.87. The van der Waals surface area contributed by atoms with E-state index in [1.54, 1.807) is 0 Å². The van der Waals surface area contributed by atoms with Crippen LogP contribution in [-0.2, 0) is 11.3 Å². The summed E-state index contributed by atoms with van der Waals surface area (Å²) in [5.74, 6) is 0.853. The molecule has 4 nitrogen and oxygen atoms in total. The van der Waals surface area contributed by atoms with Gasteiger partial charge in [0.05, 0.1) is 6.10 Å². The highest BCUT2D eigenvalue weighted by Crippen LogP contribution is 2.35. The van der Waals surface area contributed by atoms with Gasteiger partial charge in [-0.05, 0) is 55.0 Å². The first kappa shape index (κ1) is 19.1. The average Bonchev–Trinajstić information content (AvgIpc) is 3.28. The summed E-state index contributed by atoms with van der Waals surface area (Å²) < 4.78 is 11.6. The van der Waals surface area contributed by atoms with Crippen LogP contribution in [0.1, 0.15) is 31.2 Å². The molecule has 1 aliphatic rings. The van der Waals surface area contributed by atoms with Crippen molar-refractivity contribution >= 4 is 11.8 Å². The zero-order valence-electron chi connectivity index (χ0n) is 16.3. The molecule has 1 N–H and O–H groups in total. The van der Waals surface area contributed by atoms with Crippen molar-refractivity contribution in [3.63, 3.8) is 0 Å². The zero-order chi connectivity index (χ0) is 19.9. The van der Waals surface area contributed by atoms with Gasteiger partial charge in [-0.2, -0.15) is 0 Å². The minimum atomic E-state index is -0.475. The number of amides is 1. The Balaban J connectivity index is 1.49. The van der Waals surface area contributed by atoms with E-state index in [2.05, 4.69) is 5.32 Å². The molecule has 1 fully saturated rings. The van der Waals surface area contributed by atoms with E-state index in [0.717, 1.165) is 35.3 Å². The van der Waals surface area contributed by atoms with Gasteiger partial charge in [-0.15, -0.1) is 0 Å². The normalized spacial score (nSPS) is 13.8. The average molecular weight is 387 g/mol. The maximum atomic E-state index is 12.2. The number of benzene rings is 3. The van der Waals surface area contributed by atoms with Crippen LogP contribution in [0.4, 0.5) is 10.5 Å². The van der Waals surface area contributed by atoms with E-state index in [1.807, 2.05) is 78.9 Å². The second-order valence-corrected chi connectivity index (χ2v) is 7.29. The summed E-state index contributed by atoms with van der Waals surface area (Å²) >= 11 is 0. The Morgan fingerprint density at radius 2 is 1.59 bits per heavy atom. The fourth-order valence-electron chi connectivity index (χ4n) is 3.62. The third-order valence-electron chi connectivity index (χ3n) is 5.12. The summed E-state index contributed by atoms with van der Waals surface area (Å²) in [6.45, 7) is 0.237. The van der Waals surface area contributed by atoms with E-state index >= 15 is 0 Å². The van der Waals surface area contributed by atoms with Crippen LogP contribution in [0.5, 0.6) is 5.75 Å². The first-order valence-corrected chi connectivity index (χ1v) is 10.1. The van der Waals surface area contributed by atoms with Crippen LogP contribution in [0, 0.1) is 0 Å². The predicted molar refractivity (Wildman–Crippen MR) is 115 cm³/mol. The number of nitrogens with one attached hydrogen (secondary N) is 1. The predicted octanol–water partition coefficient (Wildman–Crippen LogP) is 6.42. The van der Waals surface area contributed by atoms with Crippen LogP contribution in [-0.4, -0.2) is 12.2 Å². The molecule has 1 aliphatic carbocycles. The number of hydrogen-bond acceptors (Lipinski definition) is 3. The van der Waals surface area contributed by atoms with Crippen molar-refractivity contribution in [3.8, 4) is 16.9 Å². The largest absolute Gasteiger partial charge is 0.490 e. The van der Waals surface area contributed by atoms with Crippen molar-refractivity contribution in [2.45, 2.75) is 38.4 Å². The van der Waals surface area contributed by atoms with Gasteiger partial charge < -0.3 is 9.47 Å². The number of rotatable bonds is 6. The molecular weight excluding hydrogens is 362 g/mol. The van der Waals surface area contributed by atoms with Gasteiger partial charge in [0, 0.05) is 11.3 Å². The van der Waals surface area contributed by atoms with Gasteiger partial charge in [-0.1, -0.05) is 60.7 Å². The molecule has 1 amide bonds. The molecule has 4 heteroatoms. The number of ether oxygens (including phenoxy) is 2. The lowest BCUT2D eigenvalue weighted by Crippen LogP contribution is -2.14. The highest BCUT2D eigenvalue weighted by atomic mass is 16.5. The lowest BCUT2D eigenvalue weighted by Gasteiger charge is -2.18. The third kappa shape index (κ3) is 5.17. The van der Waals surface area contributed by atoms with Crippen molar-refractivity contribution < 1.29 is 14.3 Å². The Labute approximate surface area is 171 Å². The molecule has 1 saturated carbocycles. The van der Waals surface area contributed by atoms with E-state index in [4.69, 9.17) is 9.47 Å². The Morgan fingerprint density at radius 1 is 0.897 bits per heavy atom. The first-order chi connectivity index (χ1) is 14.3. The van der Waals surface area contributed by atoms with Gasteiger partial charge in [0.25, 0.3) is 0 Å². The molecule has 0 saturated heterocycles. The van der Waals surface area contributed by atoms with Gasteiger partial charge in [0.15, 0.2) is 0 Å². The SMILES string of the molecule is O=C(Nc1ccc(OC2CCCC2)c(-c2ccccc2)c1)OCc1ccccc1. The van der Waals surface area contributed by atoms with Crippen molar-refractivity contribution in [3.05, 3.63) is 84.4 Å². The highest BCUT2D eigenvalue weighted by Gasteiger charge is 2.19. The van der Waals surface area contributed by atoms with E-state index in [1.165, 1.54) is 12.8 Å². The molecule has 0 aromatic heterocycles. The van der Waals surface area contributed by atoms with Crippen LogP contribution in [0.15, 0.2) is 78.9 Å². The molecule has 0 unspecified atom stereocenters. The summed E-state index contributed by atoms with van der Waals surface area (Å²) in [6.07, 6.45) is 4.43. The van der Waals surface area contributed by atoms with Crippen LogP contribution in [0.2, 0.25) is 0 Å². The molecule has 0 bridgehead atoms. The fraction of sp³-hybridized carbons (Fsp3) is 0.240. The molecule has 3 aromatic carbocycles. The molecule has 0 atom stereocenters. The van der Waals surface area contributed by atoms with E-state index < -0.39 is 6.09 Å². The Hall–Kier alpha value is -3.27. The number of hydrogen-bond donors (Lipinski definition) is 1. The van der Waals surface area contributed by atoms with Crippen molar-refractivity contribution in [1.29, 1.82) is 0 Å². The summed E-state index contributed by atoms with van der Waals surface area (Å²) in [5.41, 5.74) is 3.66. The van der Waals surface area contributed by atoms with Crippen molar-refractivity contribution in [2.24, 2.45) is 0 Å². The van der Waals surface area contributed by atoms with Crippen molar-refractivity contribution in [2.75, 3.05) is 5.32 Å². The smallest absolute Gasteiger partial charge is 0.411 e. The Bertz CT molecular complexity index is 935. The van der Waals surface area contributed by atoms with Crippen molar-refractivity contribution in [1.82, 2.24) is 0 Å². The molecule has 3 aromatic rings. The summed E-state index contributed by atoms with van der Waals surface area (Å²) in [5, 5.41) is 2.83.